The fourth-order valence-electron chi connectivity index (χ4n) is 2.21. The Hall–Kier alpha value is -1.07. The molecule has 2 rings (SSSR count). The van der Waals surface area contributed by atoms with E-state index >= 15 is 0 Å². The Balaban J connectivity index is 0.00000144. The number of carbonyl (C=O) groups excluding carboxylic acids is 1. The minimum Gasteiger partial charge on any atom is -0.361 e. The van der Waals surface area contributed by atoms with Crippen molar-refractivity contribution < 1.29 is 9.32 Å². The molecule has 1 aliphatic carbocycles. The van der Waals surface area contributed by atoms with Crippen molar-refractivity contribution in [2.75, 3.05) is 6.54 Å². The number of nitrogens with one attached hydrogen (secondary N) is 1. The predicted molar refractivity (Wildman–Crippen MR) is 66.2 cm³/mol. The van der Waals surface area contributed by atoms with Crippen molar-refractivity contribution in [3.8, 4) is 0 Å². The summed E-state index contributed by atoms with van der Waals surface area (Å²) < 4.78 is 4.87. The van der Waals surface area contributed by atoms with E-state index in [9.17, 15) is 4.79 Å². The minimum atomic E-state index is -0.232. The lowest BCUT2D eigenvalue weighted by molar-refractivity contribution is 0.0893. The lowest BCUT2D eigenvalue weighted by Gasteiger charge is -2.28. The molecule has 17 heavy (non-hydrogen) atoms. The molecule has 0 aliphatic heterocycles. The highest BCUT2D eigenvalue weighted by atomic mass is 35.5. The largest absolute Gasteiger partial charge is 0.361 e. The van der Waals surface area contributed by atoms with Gasteiger partial charge in [-0.2, -0.15) is 0 Å². The number of carbonyl (C=O) groups is 1. The van der Waals surface area contributed by atoms with Gasteiger partial charge in [0.1, 0.15) is 5.76 Å². The van der Waals surface area contributed by atoms with Crippen LogP contribution in [-0.4, -0.2) is 23.1 Å². The Kier molecular flexibility index (Phi) is 4.54. The zero-order chi connectivity index (χ0) is 11.6. The first-order chi connectivity index (χ1) is 7.65. The highest BCUT2D eigenvalue weighted by molar-refractivity contribution is 5.92. The number of hydrogen-bond donors (Lipinski definition) is 2. The number of hydrogen-bond acceptors (Lipinski definition) is 4. The Bertz CT molecular complexity index is 386. The quantitative estimate of drug-likeness (QED) is 0.860. The zero-order valence-corrected chi connectivity index (χ0v) is 10.7. The van der Waals surface area contributed by atoms with E-state index in [1.54, 1.807) is 13.0 Å². The first-order valence-corrected chi connectivity index (χ1v) is 5.61. The van der Waals surface area contributed by atoms with Crippen LogP contribution < -0.4 is 11.1 Å². The maximum Gasteiger partial charge on any atom is 0.273 e. The molecule has 0 spiro atoms. The standard InChI is InChI=1S/C11H17N3O2.ClH/c1-8-6-9(14-16-8)10(15)13-11(7-12)4-2-3-5-11;/h6H,2-5,7,12H2,1H3,(H,13,15);1H. The summed E-state index contributed by atoms with van der Waals surface area (Å²) >= 11 is 0. The second-order valence-electron chi connectivity index (χ2n) is 4.47. The topological polar surface area (TPSA) is 81.2 Å². The molecule has 6 heteroatoms. The molecule has 1 aromatic rings. The van der Waals surface area contributed by atoms with Crippen LogP contribution in [-0.2, 0) is 0 Å². The molecule has 1 amide bonds. The zero-order valence-electron chi connectivity index (χ0n) is 9.86. The number of aromatic nitrogens is 1. The van der Waals surface area contributed by atoms with Crippen molar-refractivity contribution in [2.45, 2.75) is 38.1 Å². The van der Waals surface area contributed by atoms with Crippen LogP contribution >= 0.6 is 12.4 Å². The van der Waals surface area contributed by atoms with Gasteiger partial charge in [0.25, 0.3) is 5.91 Å². The molecular weight excluding hydrogens is 242 g/mol. The van der Waals surface area contributed by atoms with Gasteiger partial charge in [-0.15, -0.1) is 12.4 Å². The van der Waals surface area contributed by atoms with Crippen molar-refractivity contribution in [1.29, 1.82) is 0 Å². The van der Waals surface area contributed by atoms with E-state index in [1.165, 1.54) is 0 Å². The number of rotatable bonds is 3. The monoisotopic (exact) mass is 259 g/mol. The van der Waals surface area contributed by atoms with Crippen molar-refractivity contribution in [3.63, 3.8) is 0 Å². The fourth-order valence-corrected chi connectivity index (χ4v) is 2.21. The Morgan fingerprint density at radius 3 is 2.71 bits per heavy atom. The third-order valence-corrected chi connectivity index (χ3v) is 3.19. The predicted octanol–water partition coefficient (Wildman–Crippen LogP) is 1.41. The van der Waals surface area contributed by atoms with Crippen molar-refractivity contribution >= 4 is 18.3 Å². The Labute approximate surface area is 107 Å². The molecule has 1 aliphatic rings. The van der Waals surface area contributed by atoms with Gasteiger partial charge in [-0.1, -0.05) is 18.0 Å². The number of nitrogens with zero attached hydrogens (tertiary/aromatic N) is 1. The normalized spacial score (nSPS) is 17.5. The Morgan fingerprint density at radius 1 is 1.59 bits per heavy atom. The molecule has 0 atom stereocenters. The molecule has 1 saturated carbocycles. The van der Waals surface area contributed by atoms with Crippen molar-refractivity contribution in [2.24, 2.45) is 5.73 Å². The summed E-state index contributed by atoms with van der Waals surface area (Å²) in [6, 6.07) is 1.63. The van der Waals surface area contributed by atoms with Crippen molar-refractivity contribution in [3.05, 3.63) is 17.5 Å². The lowest BCUT2D eigenvalue weighted by atomic mass is 9.97. The van der Waals surface area contributed by atoms with Gasteiger partial charge < -0.3 is 15.6 Å². The van der Waals surface area contributed by atoms with Crippen LogP contribution in [0.2, 0.25) is 0 Å². The summed E-state index contributed by atoms with van der Waals surface area (Å²) in [6.07, 6.45) is 4.14. The summed E-state index contributed by atoms with van der Waals surface area (Å²) in [5.41, 5.74) is 5.84. The molecule has 3 N–H and O–H groups in total. The van der Waals surface area contributed by atoms with E-state index in [0.29, 0.717) is 18.0 Å². The van der Waals surface area contributed by atoms with Crippen LogP contribution in [0.3, 0.4) is 0 Å². The molecule has 0 unspecified atom stereocenters. The van der Waals surface area contributed by atoms with Gasteiger partial charge in [0.15, 0.2) is 5.69 Å². The lowest BCUT2D eigenvalue weighted by Crippen LogP contribution is -2.51. The maximum absolute atomic E-state index is 11.9. The summed E-state index contributed by atoms with van der Waals surface area (Å²) in [4.78, 5) is 11.9. The van der Waals surface area contributed by atoms with Gasteiger partial charge >= 0.3 is 0 Å². The molecule has 1 aromatic heterocycles. The first-order valence-electron chi connectivity index (χ1n) is 5.61. The summed E-state index contributed by atoms with van der Waals surface area (Å²) in [5.74, 6) is 0.447. The average Bonchev–Trinajstić information content (AvgIpc) is 2.88. The third kappa shape index (κ3) is 2.98. The van der Waals surface area contributed by atoms with Crippen LogP contribution in [0.25, 0.3) is 0 Å². The van der Waals surface area contributed by atoms with Crippen molar-refractivity contribution in [1.82, 2.24) is 10.5 Å². The third-order valence-electron chi connectivity index (χ3n) is 3.19. The minimum absolute atomic E-state index is 0. The maximum atomic E-state index is 11.9. The molecule has 0 bridgehead atoms. The van der Waals surface area contributed by atoms with Crippen LogP contribution in [0.1, 0.15) is 41.9 Å². The SMILES string of the molecule is Cc1cc(C(=O)NC2(CN)CCCC2)no1.Cl. The number of aryl methyl sites for hydroxylation is 1. The molecule has 0 saturated heterocycles. The highest BCUT2D eigenvalue weighted by Gasteiger charge is 2.34. The summed E-state index contributed by atoms with van der Waals surface area (Å²) in [7, 11) is 0. The molecule has 96 valence electrons. The van der Waals surface area contributed by atoms with Crippen LogP contribution in [0.5, 0.6) is 0 Å². The van der Waals surface area contributed by atoms with Gasteiger partial charge in [0.05, 0.1) is 5.54 Å². The fraction of sp³-hybridized carbons (Fsp3) is 0.636. The number of halogens is 1. The molecular formula is C11H18ClN3O2. The van der Waals surface area contributed by atoms with Gasteiger partial charge in [0, 0.05) is 12.6 Å². The average molecular weight is 260 g/mol. The Morgan fingerprint density at radius 2 is 2.24 bits per heavy atom. The van der Waals surface area contributed by atoms with E-state index in [4.69, 9.17) is 10.3 Å². The van der Waals surface area contributed by atoms with E-state index < -0.39 is 0 Å². The van der Waals surface area contributed by atoms with Crippen LogP contribution in [0, 0.1) is 6.92 Å². The van der Waals surface area contributed by atoms with Crippen LogP contribution in [0.15, 0.2) is 10.6 Å². The molecule has 1 fully saturated rings. The van der Waals surface area contributed by atoms with Gasteiger partial charge in [-0.25, -0.2) is 0 Å². The number of amides is 1. The van der Waals surface area contributed by atoms with Gasteiger partial charge in [-0.05, 0) is 19.8 Å². The van der Waals surface area contributed by atoms with E-state index in [1.807, 2.05) is 0 Å². The summed E-state index contributed by atoms with van der Waals surface area (Å²) in [6.45, 7) is 2.24. The van der Waals surface area contributed by atoms with E-state index in [-0.39, 0.29) is 23.9 Å². The highest BCUT2D eigenvalue weighted by Crippen LogP contribution is 2.28. The smallest absolute Gasteiger partial charge is 0.273 e. The van der Waals surface area contributed by atoms with E-state index in [0.717, 1.165) is 25.7 Å². The second-order valence-corrected chi connectivity index (χ2v) is 4.47. The molecule has 5 nitrogen and oxygen atoms in total. The van der Waals surface area contributed by atoms with Crippen LogP contribution in [0.4, 0.5) is 0 Å². The van der Waals surface area contributed by atoms with E-state index in [2.05, 4.69) is 10.5 Å². The van der Waals surface area contributed by atoms with Gasteiger partial charge in [-0.3, -0.25) is 4.79 Å². The van der Waals surface area contributed by atoms with Gasteiger partial charge in [0.2, 0.25) is 0 Å². The molecule has 0 aromatic carbocycles. The second kappa shape index (κ2) is 5.51. The molecule has 1 heterocycles. The summed E-state index contributed by atoms with van der Waals surface area (Å²) in [5, 5.41) is 6.68. The first kappa shape index (κ1) is 14.0. The molecule has 0 radical (unpaired) electrons. The number of nitrogens with two attached hydrogens (primary N) is 1.